The summed E-state index contributed by atoms with van der Waals surface area (Å²) in [6.07, 6.45) is 1.67. The first-order chi connectivity index (χ1) is 12.3. The van der Waals surface area contributed by atoms with Gasteiger partial charge in [-0.25, -0.2) is 8.42 Å². The number of carbonyl (C=O) groups excluding carboxylic acids is 1. The van der Waals surface area contributed by atoms with E-state index < -0.39 is 14.9 Å². The highest BCUT2D eigenvalue weighted by Crippen LogP contribution is 2.31. The molecule has 0 radical (unpaired) electrons. The van der Waals surface area contributed by atoms with Crippen LogP contribution in [-0.2, 0) is 21.2 Å². The third-order valence-electron chi connectivity index (χ3n) is 4.17. The number of rotatable bonds is 4. The van der Waals surface area contributed by atoms with E-state index in [1.54, 1.807) is 23.1 Å². The fraction of sp³-hybridized carbons (Fsp3) is 0.235. The van der Waals surface area contributed by atoms with Gasteiger partial charge in [-0.2, -0.15) is 0 Å². The molecule has 0 atom stereocenters. The molecule has 136 valence electrons. The molecule has 0 spiro atoms. The van der Waals surface area contributed by atoms with E-state index in [1.165, 1.54) is 25.1 Å². The molecular weight excluding hydrogens is 358 g/mol. The molecule has 0 aromatic heterocycles. The molecule has 8 nitrogen and oxygen atoms in total. The standard InChI is InChI=1S/C17H17N3O5S/c1-12(21)19-9-3-4-13-7-8-14(10-17(13)19)18-26(24,25)16-6-2-5-15(11-16)20(22)23/h2,5-8,10-11,18H,3-4,9H2,1H3. The third kappa shape index (κ3) is 3.52. The summed E-state index contributed by atoms with van der Waals surface area (Å²) in [4.78, 5) is 23.4. The fourth-order valence-electron chi connectivity index (χ4n) is 2.94. The van der Waals surface area contributed by atoms with E-state index in [9.17, 15) is 23.3 Å². The molecule has 0 fully saturated rings. The Hall–Kier alpha value is -2.94. The van der Waals surface area contributed by atoms with E-state index >= 15 is 0 Å². The van der Waals surface area contributed by atoms with Gasteiger partial charge in [0.25, 0.3) is 15.7 Å². The maximum absolute atomic E-state index is 12.5. The molecule has 1 aliphatic rings. The smallest absolute Gasteiger partial charge is 0.270 e. The lowest BCUT2D eigenvalue weighted by Gasteiger charge is -2.29. The minimum Gasteiger partial charge on any atom is -0.312 e. The van der Waals surface area contributed by atoms with Crippen LogP contribution >= 0.6 is 0 Å². The Labute approximate surface area is 150 Å². The maximum Gasteiger partial charge on any atom is 0.270 e. The zero-order valence-electron chi connectivity index (χ0n) is 14.0. The van der Waals surface area contributed by atoms with Crippen molar-refractivity contribution in [3.05, 3.63) is 58.1 Å². The Bertz CT molecular complexity index is 988. The summed E-state index contributed by atoms with van der Waals surface area (Å²) in [6, 6.07) is 9.86. The number of hydrogen-bond acceptors (Lipinski definition) is 5. The molecule has 1 N–H and O–H groups in total. The summed E-state index contributed by atoms with van der Waals surface area (Å²) < 4.78 is 27.5. The quantitative estimate of drug-likeness (QED) is 0.653. The van der Waals surface area contributed by atoms with Gasteiger partial charge in [-0.15, -0.1) is 0 Å². The number of hydrogen-bond donors (Lipinski definition) is 1. The number of fused-ring (bicyclic) bond motifs is 1. The highest BCUT2D eigenvalue weighted by atomic mass is 32.2. The lowest BCUT2D eigenvalue weighted by atomic mass is 10.0. The SMILES string of the molecule is CC(=O)N1CCCc2ccc(NS(=O)(=O)c3cccc([N+](=O)[O-])c3)cc21. The average Bonchev–Trinajstić information content (AvgIpc) is 2.60. The van der Waals surface area contributed by atoms with Crippen molar-refractivity contribution in [2.75, 3.05) is 16.2 Å². The van der Waals surface area contributed by atoms with Crippen LogP contribution in [-0.4, -0.2) is 25.8 Å². The monoisotopic (exact) mass is 375 g/mol. The summed E-state index contributed by atoms with van der Waals surface area (Å²) in [7, 11) is -3.99. The molecule has 0 saturated heterocycles. The van der Waals surface area contributed by atoms with Gasteiger partial charge in [-0.1, -0.05) is 12.1 Å². The Morgan fingerprint density at radius 2 is 2.00 bits per heavy atom. The van der Waals surface area contributed by atoms with Crippen LogP contribution in [0.1, 0.15) is 18.9 Å². The van der Waals surface area contributed by atoms with Crippen LogP contribution in [0.25, 0.3) is 0 Å². The highest BCUT2D eigenvalue weighted by Gasteiger charge is 2.22. The van der Waals surface area contributed by atoms with Crippen LogP contribution in [0, 0.1) is 10.1 Å². The minimum atomic E-state index is -3.99. The minimum absolute atomic E-state index is 0.107. The van der Waals surface area contributed by atoms with Gasteiger partial charge in [0.05, 0.1) is 15.5 Å². The van der Waals surface area contributed by atoms with E-state index in [0.717, 1.165) is 24.5 Å². The largest absolute Gasteiger partial charge is 0.312 e. The first kappa shape index (κ1) is 17.9. The number of non-ortho nitro benzene ring substituents is 1. The van der Waals surface area contributed by atoms with Crippen LogP contribution in [0.5, 0.6) is 0 Å². The fourth-order valence-corrected chi connectivity index (χ4v) is 4.03. The first-order valence-electron chi connectivity index (χ1n) is 7.96. The molecule has 1 aliphatic heterocycles. The second-order valence-electron chi connectivity index (χ2n) is 5.98. The molecule has 26 heavy (non-hydrogen) atoms. The number of aryl methyl sites for hydroxylation is 1. The molecule has 9 heteroatoms. The molecule has 1 amide bonds. The molecule has 0 aliphatic carbocycles. The van der Waals surface area contributed by atoms with Crippen molar-refractivity contribution in [3.63, 3.8) is 0 Å². The predicted molar refractivity (Wildman–Crippen MR) is 96.7 cm³/mol. The number of nitro groups is 1. The van der Waals surface area contributed by atoms with Crippen LogP contribution in [0.4, 0.5) is 17.1 Å². The van der Waals surface area contributed by atoms with E-state index in [0.29, 0.717) is 17.9 Å². The molecule has 2 aromatic carbocycles. The second-order valence-corrected chi connectivity index (χ2v) is 7.66. The summed E-state index contributed by atoms with van der Waals surface area (Å²) in [6.45, 7) is 2.05. The number of carbonyl (C=O) groups is 1. The van der Waals surface area contributed by atoms with Gasteiger partial charge in [0.2, 0.25) is 5.91 Å². The van der Waals surface area contributed by atoms with Gasteiger partial charge in [0.1, 0.15) is 0 Å². The van der Waals surface area contributed by atoms with E-state index in [-0.39, 0.29) is 16.5 Å². The van der Waals surface area contributed by atoms with Gasteiger partial charge in [0.15, 0.2) is 0 Å². The Balaban J connectivity index is 1.93. The Kier molecular flexibility index (Phi) is 4.64. The number of nitrogens with one attached hydrogen (secondary N) is 1. The number of benzene rings is 2. The van der Waals surface area contributed by atoms with Crippen molar-refractivity contribution in [3.8, 4) is 0 Å². The molecule has 0 saturated carbocycles. The number of sulfonamides is 1. The molecule has 0 bridgehead atoms. The Morgan fingerprint density at radius 1 is 1.23 bits per heavy atom. The van der Waals surface area contributed by atoms with Gasteiger partial charge in [-0.05, 0) is 36.6 Å². The van der Waals surface area contributed by atoms with Crippen molar-refractivity contribution in [2.24, 2.45) is 0 Å². The summed E-state index contributed by atoms with van der Waals surface area (Å²) in [5.41, 5.74) is 1.65. The zero-order chi connectivity index (χ0) is 18.9. The summed E-state index contributed by atoms with van der Waals surface area (Å²) in [5, 5.41) is 10.9. The average molecular weight is 375 g/mol. The molecule has 3 rings (SSSR count). The number of nitro benzene ring substituents is 1. The lowest BCUT2D eigenvalue weighted by molar-refractivity contribution is -0.385. The summed E-state index contributed by atoms with van der Waals surface area (Å²) in [5.74, 6) is -0.107. The zero-order valence-corrected chi connectivity index (χ0v) is 14.8. The van der Waals surface area contributed by atoms with Crippen molar-refractivity contribution in [1.82, 2.24) is 0 Å². The number of amides is 1. The van der Waals surface area contributed by atoms with Gasteiger partial charge >= 0.3 is 0 Å². The Morgan fingerprint density at radius 3 is 2.69 bits per heavy atom. The topological polar surface area (TPSA) is 110 Å². The van der Waals surface area contributed by atoms with Crippen molar-refractivity contribution in [2.45, 2.75) is 24.7 Å². The van der Waals surface area contributed by atoms with Crippen molar-refractivity contribution in [1.29, 1.82) is 0 Å². The molecule has 0 unspecified atom stereocenters. The van der Waals surface area contributed by atoms with Crippen LogP contribution < -0.4 is 9.62 Å². The highest BCUT2D eigenvalue weighted by molar-refractivity contribution is 7.92. The number of anilines is 2. The third-order valence-corrected chi connectivity index (χ3v) is 5.55. The first-order valence-corrected chi connectivity index (χ1v) is 9.44. The van der Waals surface area contributed by atoms with Crippen LogP contribution in [0.2, 0.25) is 0 Å². The van der Waals surface area contributed by atoms with Gasteiger partial charge in [0, 0.05) is 31.3 Å². The van der Waals surface area contributed by atoms with Crippen LogP contribution in [0.3, 0.4) is 0 Å². The molecular formula is C17H17N3O5S. The number of nitrogens with zero attached hydrogens (tertiary/aromatic N) is 2. The summed E-state index contributed by atoms with van der Waals surface area (Å²) >= 11 is 0. The van der Waals surface area contributed by atoms with E-state index in [2.05, 4.69) is 4.72 Å². The maximum atomic E-state index is 12.5. The lowest BCUT2D eigenvalue weighted by Crippen LogP contribution is -2.33. The van der Waals surface area contributed by atoms with Crippen molar-refractivity contribution < 1.29 is 18.1 Å². The van der Waals surface area contributed by atoms with Gasteiger partial charge < -0.3 is 4.90 Å². The molecule has 1 heterocycles. The van der Waals surface area contributed by atoms with E-state index in [1.807, 2.05) is 0 Å². The van der Waals surface area contributed by atoms with Crippen molar-refractivity contribution >= 4 is 33.0 Å². The second kappa shape index (κ2) is 6.75. The molecule has 2 aromatic rings. The normalized spacial score (nSPS) is 13.8. The predicted octanol–water partition coefficient (Wildman–Crippen LogP) is 2.69. The van der Waals surface area contributed by atoms with Crippen LogP contribution in [0.15, 0.2) is 47.4 Å². The van der Waals surface area contributed by atoms with Gasteiger partial charge in [-0.3, -0.25) is 19.6 Å². The van der Waals surface area contributed by atoms with E-state index in [4.69, 9.17) is 0 Å².